The van der Waals surface area contributed by atoms with Crippen LogP contribution in [0.1, 0.15) is 10.4 Å². The molecule has 1 unspecified atom stereocenters. The summed E-state index contributed by atoms with van der Waals surface area (Å²) >= 11 is 8.80. The molecule has 0 saturated carbocycles. The molecular formula is C23H19ClN4O2S2. The van der Waals surface area contributed by atoms with E-state index in [-0.39, 0.29) is 18.2 Å². The van der Waals surface area contributed by atoms with Gasteiger partial charge in [-0.15, -0.1) is 21.5 Å². The van der Waals surface area contributed by atoms with E-state index in [1.54, 1.807) is 12.1 Å². The SMILES string of the molecule is O=C(Cc1cccs1)NC(Cc1ccccc1)C(=O)Nc1nnc(-c2cccc(Cl)c2)s1. The molecular weight excluding hydrogens is 464 g/mol. The Hall–Kier alpha value is -3.07. The summed E-state index contributed by atoms with van der Waals surface area (Å²) in [6, 6.07) is 19.9. The lowest BCUT2D eigenvalue weighted by molar-refractivity contribution is -0.126. The molecule has 0 aliphatic heterocycles. The fraction of sp³-hybridized carbons (Fsp3) is 0.130. The van der Waals surface area contributed by atoms with E-state index >= 15 is 0 Å². The Balaban J connectivity index is 1.47. The van der Waals surface area contributed by atoms with Gasteiger partial charge in [0.15, 0.2) is 0 Å². The van der Waals surface area contributed by atoms with Crippen LogP contribution < -0.4 is 10.6 Å². The summed E-state index contributed by atoms with van der Waals surface area (Å²) < 4.78 is 0. The number of benzene rings is 2. The molecule has 2 N–H and O–H groups in total. The first kappa shape index (κ1) is 22.1. The van der Waals surface area contributed by atoms with Crippen LogP contribution in [0.2, 0.25) is 5.02 Å². The van der Waals surface area contributed by atoms with Crippen molar-refractivity contribution in [3.05, 3.63) is 87.6 Å². The third-order valence-electron chi connectivity index (χ3n) is 4.58. The van der Waals surface area contributed by atoms with Gasteiger partial charge in [0.1, 0.15) is 11.0 Å². The summed E-state index contributed by atoms with van der Waals surface area (Å²) in [4.78, 5) is 26.6. The zero-order valence-corrected chi connectivity index (χ0v) is 19.2. The van der Waals surface area contributed by atoms with Crippen LogP contribution in [-0.4, -0.2) is 28.1 Å². The number of amides is 2. The summed E-state index contributed by atoms with van der Waals surface area (Å²) in [7, 11) is 0. The molecule has 0 aliphatic carbocycles. The van der Waals surface area contributed by atoms with Crippen molar-refractivity contribution >= 4 is 51.2 Å². The second kappa shape index (κ2) is 10.5. The predicted octanol–water partition coefficient (Wildman–Crippen LogP) is 4.83. The van der Waals surface area contributed by atoms with Crippen LogP contribution in [0.4, 0.5) is 5.13 Å². The van der Waals surface area contributed by atoms with Gasteiger partial charge in [-0.2, -0.15) is 0 Å². The zero-order valence-electron chi connectivity index (χ0n) is 16.8. The highest BCUT2D eigenvalue weighted by Gasteiger charge is 2.23. The van der Waals surface area contributed by atoms with Gasteiger partial charge >= 0.3 is 0 Å². The number of carbonyl (C=O) groups excluding carboxylic acids is 2. The van der Waals surface area contributed by atoms with E-state index in [9.17, 15) is 9.59 Å². The Bertz CT molecular complexity index is 1200. The van der Waals surface area contributed by atoms with Crippen LogP contribution in [0.25, 0.3) is 10.6 Å². The lowest BCUT2D eigenvalue weighted by atomic mass is 10.1. The molecule has 162 valence electrons. The van der Waals surface area contributed by atoms with Crippen LogP contribution in [-0.2, 0) is 22.4 Å². The molecule has 32 heavy (non-hydrogen) atoms. The van der Waals surface area contributed by atoms with Crippen molar-refractivity contribution in [1.29, 1.82) is 0 Å². The first-order valence-corrected chi connectivity index (χ1v) is 11.9. The van der Waals surface area contributed by atoms with E-state index in [1.807, 2.05) is 60.0 Å². The van der Waals surface area contributed by atoms with E-state index in [2.05, 4.69) is 20.8 Å². The Morgan fingerprint density at radius 2 is 1.84 bits per heavy atom. The van der Waals surface area contributed by atoms with E-state index in [1.165, 1.54) is 22.7 Å². The first-order chi connectivity index (χ1) is 15.6. The normalized spacial score (nSPS) is 11.7. The lowest BCUT2D eigenvalue weighted by Gasteiger charge is -2.17. The molecule has 2 heterocycles. The summed E-state index contributed by atoms with van der Waals surface area (Å²) in [5.74, 6) is -0.553. The number of hydrogen-bond donors (Lipinski definition) is 2. The fourth-order valence-corrected chi connectivity index (χ4v) is 4.72. The first-order valence-electron chi connectivity index (χ1n) is 9.83. The number of carbonyl (C=O) groups is 2. The van der Waals surface area contributed by atoms with Crippen molar-refractivity contribution in [3.8, 4) is 10.6 Å². The zero-order chi connectivity index (χ0) is 22.3. The minimum absolute atomic E-state index is 0.208. The Labute approximate surface area is 198 Å². The van der Waals surface area contributed by atoms with Gasteiger partial charge in [-0.1, -0.05) is 71.5 Å². The second-order valence-corrected chi connectivity index (χ2v) is 9.42. The molecule has 6 nitrogen and oxygen atoms in total. The predicted molar refractivity (Wildman–Crippen MR) is 129 cm³/mol. The van der Waals surface area contributed by atoms with Crippen LogP contribution in [0, 0.1) is 0 Å². The number of rotatable bonds is 8. The van der Waals surface area contributed by atoms with Crippen molar-refractivity contribution in [2.24, 2.45) is 0 Å². The summed E-state index contributed by atoms with van der Waals surface area (Å²) in [6.07, 6.45) is 0.594. The molecule has 2 aromatic carbocycles. The van der Waals surface area contributed by atoms with Gasteiger partial charge in [0.05, 0.1) is 6.42 Å². The van der Waals surface area contributed by atoms with Gasteiger partial charge in [-0.3, -0.25) is 14.9 Å². The van der Waals surface area contributed by atoms with E-state index < -0.39 is 6.04 Å². The summed E-state index contributed by atoms with van der Waals surface area (Å²) in [5, 5.41) is 17.4. The van der Waals surface area contributed by atoms with Crippen molar-refractivity contribution in [2.75, 3.05) is 5.32 Å². The second-order valence-electron chi connectivity index (χ2n) is 6.98. The van der Waals surface area contributed by atoms with Crippen molar-refractivity contribution in [1.82, 2.24) is 15.5 Å². The minimum atomic E-state index is -0.747. The highest BCUT2D eigenvalue weighted by molar-refractivity contribution is 7.18. The third kappa shape index (κ3) is 6.00. The largest absolute Gasteiger partial charge is 0.344 e. The average Bonchev–Trinajstić information content (AvgIpc) is 3.46. The number of thiophene rings is 1. The highest BCUT2D eigenvalue weighted by atomic mass is 35.5. The maximum absolute atomic E-state index is 13.0. The van der Waals surface area contributed by atoms with Gasteiger partial charge in [-0.05, 0) is 29.1 Å². The number of aromatic nitrogens is 2. The number of halogens is 1. The molecule has 0 radical (unpaired) electrons. The molecule has 4 rings (SSSR count). The van der Waals surface area contributed by atoms with Gasteiger partial charge in [0.2, 0.25) is 16.9 Å². The summed E-state index contributed by atoms with van der Waals surface area (Å²) in [5.41, 5.74) is 1.77. The van der Waals surface area contributed by atoms with Crippen LogP contribution in [0.3, 0.4) is 0 Å². The monoisotopic (exact) mass is 482 g/mol. The van der Waals surface area contributed by atoms with Crippen molar-refractivity contribution < 1.29 is 9.59 Å². The quantitative estimate of drug-likeness (QED) is 0.377. The van der Waals surface area contributed by atoms with Crippen LogP contribution in [0.15, 0.2) is 72.1 Å². The molecule has 2 amide bonds. The van der Waals surface area contributed by atoms with Crippen LogP contribution in [0.5, 0.6) is 0 Å². The molecule has 0 spiro atoms. The third-order valence-corrected chi connectivity index (χ3v) is 6.58. The molecule has 9 heteroatoms. The topological polar surface area (TPSA) is 84.0 Å². The lowest BCUT2D eigenvalue weighted by Crippen LogP contribution is -2.45. The smallest absolute Gasteiger partial charge is 0.249 e. The van der Waals surface area contributed by atoms with E-state index in [0.717, 1.165) is 16.0 Å². The average molecular weight is 483 g/mol. The molecule has 4 aromatic rings. The molecule has 0 bridgehead atoms. The maximum Gasteiger partial charge on any atom is 0.249 e. The molecule has 1 atom stereocenters. The Kier molecular flexibility index (Phi) is 7.26. The number of anilines is 1. The van der Waals surface area contributed by atoms with Gasteiger partial charge < -0.3 is 5.32 Å². The number of nitrogens with one attached hydrogen (secondary N) is 2. The molecule has 0 saturated heterocycles. The Morgan fingerprint density at radius 3 is 2.59 bits per heavy atom. The standard InChI is InChI=1S/C23H19ClN4O2S2/c24-17-9-4-8-16(13-17)22-27-28-23(32-22)26-21(30)19(12-15-6-2-1-3-7-15)25-20(29)14-18-10-5-11-31-18/h1-11,13,19H,12,14H2,(H,25,29)(H,26,28,30). The van der Waals surface area contributed by atoms with E-state index in [0.29, 0.717) is 21.6 Å². The minimum Gasteiger partial charge on any atom is -0.344 e. The maximum atomic E-state index is 13.0. The van der Waals surface area contributed by atoms with E-state index in [4.69, 9.17) is 11.6 Å². The van der Waals surface area contributed by atoms with Gasteiger partial charge in [0, 0.05) is 21.9 Å². The molecule has 0 fully saturated rings. The Morgan fingerprint density at radius 1 is 1.00 bits per heavy atom. The summed E-state index contributed by atoms with van der Waals surface area (Å²) in [6.45, 7) is 0. The highest BCUT2D eigenvalue weighted by Crippen LogP contribution is 2.28. The number of hydrogen-bond acceptors (Lipinski definition) is 6. The van der Waals surface area contributed by atoms with Gasteiger partial charge in [-0.25, -0.2) is 0 Å². The van der Waals surface area contributed by atoms with Crippen molar-refractivity contribution in [2.45, 2.75) is 18.9 Å². The fourth-order valence-electron chi connectivity index (χ4n) is 3.08. The van der Waals surface area contributed by atoms with Crippen molar-refractivity contribution in [3.63, 3.8) is 0 Å². The van der Waals surface area contributed by atoms with Gasteiger partial charge in [0.25, 0.3) is 0 Å². The number of nitrogens with zero attached hydrogens (tertiary/aromatic N) is 2. The molecule has 0 aliphatic rings. The molecule has 2 aromatic heterocycles. The van der Waals surface area contributed by atoms with Crippen LogP contribution >= 0.6 is 34.3 Å².